The summed E-state index contributed by atoms with van der Waals surface area (Å²) in [4.78, 5) is 23.3. The van der Waals surface area contributed by atoms with Crippen LogP contribution in [0.25, 0.3) is 0 Å². The van der Waals surface area contributed by atoms with E-state index in [1.54, 1.807) is 6.92 Å². The third-order valence-electron chi connectivity index (χ3n) is 2.41. The fraction of sp³-hybridized carbons (Fsp3) is 0.385. The summed E-state index contributed by atoms with van der Waals surface area (Å²) in [6.45, 7) is 3.13. The zero-order valence-corrected chi connectivity index (χ0v) is 10.9. The first-order valence-electron chi connectivity index (χ1n) is 5.81. The highest BCUT2D eigenvalue weighted by Gasteiger charge is 2.31. The summed E-state index contributed by atoms with van der Waals surface area (Å²) >= 11 is 0. The Morgan fingerprint density at radius 2 is 1.75 bits per heavy atom. The van der Waals surface area contributed by atoms with Crippen molar-refractivity contribution < 1.29 is 32.2 Å². The first kappa shape index (κ1) is 16.0. The van der Waals surface area contributed by atoms with Gasteiger partial charge in [-0.2, -0.15) is 0 Å². The molecular weight excluding hydrogens is 277 g/mol. The summed E-state index contributed by atoms with van der Waals surface area (Å²) in [6.07, 6.45) is -4.79. The maximum atomic E-state index is 12.0. The molecule has 0 saturated heterocycles. The van der Waals surface area contributed by atoms with Crippen LogP contribution < -0.4 is 4.74 Å². The summed E-state index contributed by atoms with van der Waals surface area (Å²) in [5, 5.41) is 0. The van der Waals surface area contributed by atoms with E-state index in [0.717, 1.165) is 12.1 Å². The number of esters is 1. The lowest BCUT2D eigenvalue weighted by Crippen LogP contribution is -2.23. The number of rotatable bonds is 5. The highest BCUT2D eigenvalue weighted by Crippen LogP contribution is 2.23. The third-order valence-corrected chi connectivity index (χ3v) is 2.41. The molecule has 1 unspecified atom stereocenters. The monoisotopic (exact) mass is 290 g/mol. The molecule has 1 rings (SSSR count). The van der Waals surface area contributed by atoms with Gasteiger partial charge in [0.15, 0.2) is 5.78 Å². The number of carbonyl (C=O) groups excluding carboxylic acids is 2. The molecule has 0 bridgehead atoms. The number of Topliss-reactive ketones (excluding diaryl/α,β-unsaturated/α-hetero) is 1. The van der Waals surface area contributed by atoms with Crippen LogP contribution in [0.5, 0.6) is 5.75 Å². The molecule has 1 aromatic rings. The summed E-state index contributed by atoms with van der Waals surface area (Å²) in [7, 11) is 0. The van der Waals surface area contributed by atoms with E-state index in [0.29, 0.717) is 0 Å². The third kappa shape index (κ3) is 4.56. The summed E-state index contributed by atoms with van der Waals surface area (Å²) in [6, 6.07) is 4.36. The Hall–Kier alpha value is -2.05. The lowest BCUT2D eigenvalue weighted by Gasteiger charge is -2.11. The molecule has 110 valence electrons. The molecule has 0 aromatic heterocycles. The Balaban J connectivity index is 2.78. The van der Waals surface area contributed by atoms with Gasteiger partial charge in [-0.05, 0) is 38.1 Å². The highest BCUT2D eigenvalue weighted by atomic mass is 19.4. The van der Waals surface area contributed by atoms with Gasteiger partial charge in [0.25, 0.3) is 0 Å². The van der Waals surface area contributed by atoms with E-state index < -0.39 is 29.8 Å². The van der Waals surface area contributed by atoms with Crippen LogP contribution in [0.4, 0.5) is 13.2 Å². The molecule has 0 amide bonds. The van der Waals surface area contributed by atoms with Crippen molar-refractivity contribution in [2.24, 2.45) is 5.92 Å². The largest absolute Gasteiger partial charge is 0.573 e. The van der Waals surface area contributed by atoms with E-state index in [9.17, 15) is 22.8 Å². The summed E-state index contributed by atoms with van der Waals surface area (Å²) in [5.41, 5.74) is 0.111. The molecule has 4 nitrogen and oxygen atoms in total. The van der Waals surface area contributed by atoms with Crippen molar-refractivity contribution in [3.8, 4) is 5.75 Å². The molecule has 0 radical (unpaired) electrons. The zero-order chi connectivity index (χ0) is 15.3. The lowest BCUT2D eigenvalue weighted by molar-refractivity contribution is -0.274. The molecule has 0 N–H and O–H groups in total. The SMILES string of the molecule is CCOC(=O)C(C)C(=O)c1ccc(OC(F)(F)F)cc1. The number of alkyl halides is 3. The van der Waals surface area contributed by atoms with Crippen LogP contribution in [0.15, 0.2) is 24.3 Å². The molecule has 0 saturated carbocycles. The van der Waals surface area contributed by atoms with Crippen LogP contribution in [0.2, 0.25) is 0 Å². The Morgan fingerprint density at radius 1 is 1.20 bits per heavy atom. The van der Waals surface area contributed by atoms with Gasteiger partial charge in [0.1, 0.15) is 11.7 Å². The second-order valence-corrected chi connectivity index (χ2v) is 3.91. The van der Waals surface area contributed by atoms with Crippen LogP contribution in [0.1, 0.15) is 24.2 Å². The van der Waals surface area contributed by atoms with E-state index in [2.05, 4.69) is 4.74 Å². The Morgan fingerprint density at radius 3 is 2.20 bits per heavy atom. The molecular formula is C13H13F3O4. The van der Waals surface area contributed by atoms with E-state index >= 15 is 0 Å². The maximum Gasteiger partial charge on any atom is 0.573 e. The van der Waals surface area contributed by atoms with Gasteiger partial charge in [-0.3, -0.25) is 9.59 Å². The van der Waals surface area contributed by atoms with Crippen LogP contribution in [-0.4, -0.2) is 24.7 Å². The number of hydrogen-bond donors (Lipinski definition) is 0. The predicted molar refractivity (Wildman–Crippen MR) is 63.3 cm³/mol. The molecule has 1 atom stereocenters. The minimum absolute atomic E-state index is 0.111. The van der Waals surface area contributed by atoms with Crippen molar-refractivity contribution in [1.82, 2.24) is 0 Å². The van der Waals surface area contributed by atoms with E-state index in [4.69, 9.17) is 4.74 Å². The lowest BCUT2D eigenvalue weighted by atomic mass is 9.99. The zero-order valence-electron chi connectivity index (χ0n) is 10.9. The van der Waals surface area contributed by atoms with Gasteiger partial charge in [-0.25, -0.2) is 0 Å². The minimum Gasteiger partial charge on any atom is -0.465 e. The van der Waals surface area contributed by atoms with Crippen LogP contribution in [0, 0.1) is 5.92 Å². The molecule has 20 heavy (non-hydrogen) atoms. The van der Waals surface area contributed by atoms with E-state index in [1.807, 2.05) is 0 Å². The number of hydrogen-bond acceptors (Lipinski definition) is 4. The van der Waals surface area contributed by atoms with Crippen molar-refractivity contribution in [3.05, 3.63) is 29.8 Å². The van der Waals surface area contributed by atoms with Gasteiger partial charge in [-0.1, -0.05) is 0 Å². The average molecular weight is 290 g/mol. The smallest absolute Gasteiger partial charge is 0.465 e. The molecule has 0 spiro atoms. The second-order valence-electron chi connectivity index (χ2n) is 3.91. The van der Waals surface area contributed by atoms with Gasteiger partial charge >= 0.3 is 12.3 Å². The fourth-order valence-corrected chi connectivity index (χ4v) is 1.45. The van der Waals surface area contributed by atoms with Gasteiger partial charge in [-0.15, -0.1) is 13.2 Å². The van der Waals surface area contributed by atoms with Gasteiger partial charge < -0.3 is 9.47 Å². The van der Waals surface area contributed by atoms with Crippen LogP contribution >= 0.6 is 0 Å². The fourth-order valence-electron chi connectivity index (χ4n) is 1.45. The van der Waals surface area contributed by atoms with Crippen molar-refractivity contribution in [2.75, 3.05) is 6.61 Å². The van der Waals surface area contributed by atoms with Gasteiger partial charge in [0, 0.05) is 5.56 Å². The second kappa shape index (κ2) is 6.40. The maximum absolute atomic E-state index is 12.0. The summed E-state index contributed by atoms with van der Waals surface area (Å²) in [5.74, 6) is -2.64. The minimum atomic E-state index is -4.79. The summed E-state index contributed by atoms with van der Waals surface area (Å²) < 4.78 is 44.3. The topological polar surface area (TPSA) is 52.6 Å². The van der Waals surface area contributed by atoms with Gasteiger partial charge in [0.2, 0.25) is 0 Å². The Kier molecular flexibility index (Phi) is 5.12. The molecule has 0 heterocycles. The number of ether oxygens (including phenoxy) is 2. The highest BCUT2D eigenvalue weighted by molar-refractivity contribution is 6.08. The molecule has 1 aromatic carbocycles. The first-order valence-corrected chi connectivity index (χ1v) is 5.81. The number of ketones is 1. The number of halogens is 3. The van der Waals surface area contributed by atoms with E-state index in [-0.39, 0.29) is 12.2 Å². The van der Waals surface area contributed by atoms with Crippen molar-refractivity contribution >= 4 is 11.8 Å². The van der Waals surface area contributed by atoms with Crippen molar-refractivity contribution in [2.45, 2.75) is 20.2 Å². The van der Waals surface area contributed by atoms with Gasteiger partial charge in [0.05, 0.1) is 6.61 Å². The molecule has 7 heteroatoms. The number of benzene rings is 1. The standard InChI is InChI=1S/C13H13F3O4/c1-3-19-12(18)8(2)11(17)9-4-6-10(7-5-9)20-13(14,15)16/h4-8H,3H2,1-2H3. The number of carbonyl (C=O) groups is 2. The first-order chi connectivity index (χ1) is 9.24. The normalized spacial score (nSPS) is 12.7. The Labute approximate surface area is 113 Å². The molecule has 0 aliphatic heterocycles. The average Bonchev–Trinajstić information content (AvgIpc) is 2.36. The molecule has 0 fully saturated rings. The van der Waals surface area contributed by atoms with Crippen LogP contribution in [0.3, 0.4) is 0 Å². The quantitative estimate of drug-likeness (QED) is 0.475. The van der Waals surface area contributed by atoms with Crippen LogP contribution in [-0.2, 0) is 9.53 Å². The van der Waals surface area contributed by atoms with Crippen molar-refractivity contribution in [3.63, 3.8) is 0 Å². The van der Waals surface area contributed by atoms with E-state index in [1.165, 1.54) is 19.1 Å². The van der Waals surface area contributed by atoms with Crippen molar-refractivity contribution in [1.29, 1.82) is 0 Å². The predicted octanol–water partition coefficient (Wildman–Crippen LogP) is 2.97. The Bertz CT molecular complexity index is 479. The molecule has 0 aliphatic rings. The molecule has 0 aliphatic carbocycles.